The topological polar surface area (TPSA) is 29.3 Å². The first-order chi connectivity index (χ1) is 6.52. The van der Waals surface area contributed by atoms with Gasteiger partial charge in [0.15, 0.2) is 0 Å². The van der Waals surface area contributed by atoms with Crippen molar-refractivity contribution in [3.05, 3.63) is 0 Å². The average Bonchev–Trinajstić information content (AvgIpc) is 2.16. The fourth-order valence-electron chi connectivity index (χ4n) is 2.26. The lowest BCUT2D eigenvalue weighted by atomic mass is 9.90. The van der Waals surface area contributed by atoms with Crippen molar-refractivity contribution in [3.63, 3.8) is 0 Å². The van der Waals surface area contributed by atoms with Crippen molar-refractivity contribution in [2.24, 2.45) is 17.6 Å². The highest BCUT2D eigenvalue weighted by molar-refractivity contribution is 4.81. The Morgan fingerprint density at radius 2 is 1.86 bits per heavy atom. The predicted octanol–water partition coefficient (Wildman–Crippen LogP) is 2.09. The number of likely N-dealkylation sites (tertiary alicyclic amines) is 1. The van der Waals surface area contributed by atoms with Gasteiger partial charge in [0.2, 0.25) is 0 Å². The molecule has 14 heavy (non-hydrogen) atoms. The molecular formula is C12H26N2. The van der Waals surface area contributed by atoms with E-state index in [2.05, 4.69) is 32.6 Å². The van der Waals surface area contributed by atoms with Gasteiger partial charge in [-0.05, 0) is 45.1 Å². The second-order valence-electron chi connectivity index (χ2n) is 5.24. The maximum Gasteiger partial charge on any atom is 0.00900 e. The zero-order valence-corrected chi connectivity index (χ0v) is 10.2. The Labute approximate surface area is 88.8 Å². The van der Waals surface area contributed by atoms with Crippen LogP contribution in [0.2, 0.25) is 0 Å². The van der Waals surface area contributed by atoms with E-state index >= 15 is 0 Å². The molecule has 84 valence electrons. The maximum atomic E-state index is 5.98. The van der Waals surface area contributed by atoms with E-state index in [4.69, 9.17) is 5.73 Å². The molecule has 2 heteroatoms. The third kappa shape index (κ3) is 2.96. The molecule has 0 saturated carbocycles. The largest absolute Gasteiger partial charge is 0.328 e. The molecular weight excluding hydrogens is 172 g/mol. The molecule has 1 saturated heterocycles. The Balaban J connectivity index is 2.47. The summed E-state index contributed by atoms with van der Waals surface area (Å²) in [4.78, 5) is 2.61. The third-order valence-corrected chi connectivity index (χ3v) is 3.77. The Morgan fingerprint density at radius 1 is 1.21 bits per heavy atom. The van der Waals surface area contributed by atoms with Gasteiger partial charge in [-0.25, -0.2) is 0 Å². The van der Waals surface area contributed by atoms with Crippen molar-refractivity contribution in [1.82, 2.24) is 4.90 Å². The van der Waals surface area contributed by atoms with Gasteiger partial charge in [0.1, 0.15) is 0 Å². The van der Waals surface area contributed by atoms with Crippen molar-refractivity contribution in [2.45, 2.75) is 52.6 Å². The van der Waals surface area contributed by atoms with Gasteiger partial charge in [0.05, 0.1) is 0 Å². The van der Waals surface area contributed by atoms with E-state index in [-0.39, 0.29) is 0 Å². The number of rotatable bonds is 3. The first-order valence-corrected chi connectivity index (χ1v) is 6.02. The molecule has 0 aromatic heterocycles. The van der Waals surface area contributed by atoms with Crippen LogP contribution in [0.3, 0.4) is 0 Å². The van der Waals surface area contributed by atoms with Crippen LogP contribution in [0.15, 0.2) is 0 Å². The van der Waals surface area contributed by atoms with Crippen LogP contribution in [-0.2, 0) is 0 Å². The summed E-state index contributed by atoms with van der Waals surface area (Å²) in [5.41, 5.74) is 5.98. The molecule has 1 fully saturated rings. The van der Waals surface area contributed by atoms with E-state index < -0.39 is 0 Å². The van der Waals surface area contributed by atoms with Crippen molar-refractivity contribution >= 4 is 0 Å². The minimum atomic E-state index is 0.358. The SMILES string of the molecule is CC(C)C(C)N1CCCC(C(C)N)C1. The highest BCUT2D eigenvalue weighted by Gasteiger charge is 2.26. The first-order valence-electron chi connectivity index (χ1n) is 6.02. The number of nitrogens with zero attached hydrogens (tertiary/aromatic N) is 1. The van der Waals surface area contributed by atoms with Gasteiger partial charge in [-0.15, -0.1) is 0 Å². The quantitative estimate of drug-likeness (QED) is 0.752. The van der Waals surface area contributed by atoms with Crippen LogP contribution in [0, 0.1) is 11.8 Å². The second kappa shape index (κ2) is 5.13. The number of nitrogens with two attached hydrogens (primary N) is 1. The molecule has 0 aliphatic carbocycles. The van der Waals surface area contributed by atoms with Crippen LogP contribution in [-0.4, -0.2) is 30.1 Å². The van der Waals surface area contributed by atoms with Crippen LogP contribution in [0.25, 0.3) is 0 Å². The van der Waals surface area contributed by atoms with Crippen molar-refractivity contribution in [3.8, 4) is 0 Å². The predicted molar refractivity (Wildman–Crippen MR) is 62.2 cm³/mol. The van der Waals surface area contributed by atoms with Crippen LogP contribution < -0.4 is 5.73 Å². The van der Waals surface area contributed by atoms with Gasteiger partial charge in [-0.2, -0.15) is 0 Å². The molecule has 1 aliphatic rings. The molecule has 0 bridgehead atoms. The number of hydrogen-bond donors (Lipinski definition) is 1. The molecule has 2 nitrogen and oxygen atoms in total. The van der Waals surface area contributed by atoms with Gasteiger partial charge in [-0.1, -0.05) is 13.8 Å². The highest BCUT2D eigenvalue weighted by Crippen LogP contribution is 2.22. The fraction of sp³-hybridized carbons (Fsp3) is 1.00. The zero-order chi connectivity index (χ0) is 10.7. The lowest BCUT2D eigenvalue weighted by Gasteiger charge is -2.39. The van der Waals surface area contributed by atoms with Crippen LogP contribution >= 0.6 is 0 Å². The van der Waals surface area contributed by atoms with E-state index in [9.17, 15) is 0 Å². The van der Waals surface area contributed by atoms with Crippen LogP contribution in [0.5, 0.6) is 0 Å². The average molecular weight is 198 g/mol. The molecule has 0 radical (unpaired) electrons. The third-order valence-electron chi connectivity index (χ3n) is 3.77. The summed E-state index contributed by atoms with van der Waals surface area (Å²) in [5.74, 6) is 1.46. The highest BCUT2D eigenvalue weighted by atomic mass is 15.2. The summed E-state index contributed by atoms with van der Waals surface area (Å²) in [6.07, 6.45) is 2.64. The molecule has 3 unspecified atom stereocenters. The van der Waals surface area contributed by atoms with E-state index in [0.29, 0.717) is 18.0 Å². The monoisotopic (exact) mass is 198 g/mol. The first kappa shape index (κ1) is 12.0. The molecule has 0 aromatic carbocycles. The van der Waals surface area contributed by atoms with Gasteiger partial charge in [0.25, 0.3) is 0 Å². The van der Waals surface area contributed by atoms with Gasteiger partial charge >= 0.3 is 0 Å². The summed E-state index contributed by atoms with van der Waals surface area (Å²) < 4.78 is 0. The Hall–Kier alpha value is -0.0800. The van der Waals surface area contributed by atoms with E-state index in [1.165, 1.54) is 25.9 Å². The van der Waals surface area contributed by atoms with Gasteiger partial charge < -0.3 is 10.6 Å². The molecule has 0 spiro atoms. The molecule has 0 aromatic rings. The van der Waals surface area contributed by atoms with Gasteiger partial charge in [0, 0.05) is 18.6 Å². The molecule has 2 N–H and O–H groups in total. The lowest BCUT2D eigenvalue weighted by Crippen LogP contribution is -2.47. The summed E-state index contributed by atoms with van der Waals surface area (Å²) in [5, 5.41) is 0. The summed E-state index contributed by atoms with van der Waals surface area (Å²) in [6.45, 7) is 11.6. The minimum absolute atomic E-state index is 0.358. The van der Waals surface area contributed by atoms with E-state index in [1.54, 1.807) is 0 Å². The zero-order valence-electron chi connectivity index (χ0n) is 10.2. The standard InChI is InChI=1S/C12H26N2/c1-9(2)11(4)14-7-5-6-12(8-14)10(3)13/h9-12H,5-8,13H2,1-4H3. The minimum Gasteiger partial charge on any atom is -0.328 e. The molecule has 1 aliphatic heterocycles. The van der Waals surface area contributed by atoms with Crippen LogP contribution in [0.1, 0.15) is 40.5 Å². The smallest absolute Gasteiger partial charge is 0.00900 e. The molecule has 3 atom stereocenters. The molecule has 1 heterocycles. The van der Waals surface area contributed by atoms with Gasteiger partial charge in [-0.3, -0.25) is 0 Å². The Morgan fingerprint density at radius 3 is 2.36 bits per heavy atom. The molecule has 1 rings (SSSR count). The fourth-order valence-corrected chi connectivity index (χ4v) is 2.26. The Bertz CT molecular complexity index is 160. The lowest BCUT2D eigenvalue weighted by molar-refractivity contribution is 0.0980. The Kier molecular flexibility index (Phi) is 4.39. The summed E-state index contributed by atoms with van der Waals surface area (Å²) in [6, 6.07) is 1.06. The summed E-state index contributed by atoms with van der Waals surface area (Å²) in [7, 11) is 0. The second-order valence-corrected chi connectivity index (χ2v) is 5.24. The normalized spacial score (nSPS) is 29.1. The van der Waals surface area contributed by atoms with Crippen molar-refractivity contribution in [1.29, 1.82) is 0 Å². The number of hydrogen-bond acceptors (Lipinski definition) is 2. The summed E-state index contributed by atoms with van der Waals surface area (Å²) >= 11 is 0. The van der Waals surface area contributed by atoms with Crippen molar-refractivity contribution < 1.29 is 0 Å². The van der Waals surface area contributed by atoms with Crippen LogP contribution in [0.4, 0.5) is 0 Å². The van der Waals surface area contributed by atoms with E-state index in [1.807, 2.05) is 0 Å². The molecule has 0 amide bonds. The maximum absolute atomic E-state index is 5.98. The number of piperidine rings is 1. The van der Waals surface area contributed by atoms with E-state index in [0.717, 1.165) is 5.92 Å². The van der Waals surface area contributed by atoms with Crippen molar-refractivity contribution in [2.75, 3.05) is 13.1 Å².